The van der Waals surface area contributed by atoms with Gasteiger partial charge in [0.2, 0.25) is 6.29 Å². The summed E-state index contributed by atoms with van der Waals surface area (Å²) < 4.78 is 29.3. The van der Waals surface area contributed by atoms with Gasteiger partial charge in [-0.25, -0.2) is 24.1 Å². The fourth-order valence-electron chi connectivity index (χ4n) is 6.15. The van der Waals surface area contributed by atoms with Crippen LogP contribution in [0.2, 0.25) is 0 Å². The molecule has 11 nitrogen and oxygen atoms in total. The summed E-state index contributed by atoms with van der Waals surface area (Å²) in [6.07, 6.45) is -6.54. The topological polar surface area (TPSA) is 135 Å². The second kappa shape index (κ2) is 16.0. The van der Waals surface area contributed by atoms with Gasteiger partial charge in [-0.3, -0.25) is 4.79 Å². The normalized spacial score (nSPS) is 22.1. The number of imide groups is 1. The van der Waals surface area contributed by atoms with E-state index in [1.165, 1.54) is 24.3 Å². The average Bonchev–Trinajstić information content (AvgIpc) is 3.51. The standard InChI is InChI=1S/C39H34ClNO10/c1-2-28(24-15-7-3-8-16-24)30(40)34(42)41-31-33(50-37(45)27-21-13-6-14-22-27)32(49-36(44)26-19-11-5-12-20-26)29(48-38(31)51-39(41)46)23-47-35(43)25-17-9-4-10-18-25/h3-22,28-33,38H,2,23H2,1H3/t28-,29+,30+,31+,32+,33+,38+/m0/s1. The van der Waals surface area contributed by atoms with Crippen LogP contribution >= 0.6 is 11.6 Å². The van der Waals surface area contributed by atoms with Gasteiger partial charge in [0, 0.05) is 5.92 Å². The average molecular weight is 712 g/mol. The number of alkyl halides is 1. The third-order valence-electron chi connectivity index (χ3n) is 8.71. The molecule has 4 aromatic carbocycles. The molecule has 0 aliphatic carbocycles. The lowest BCUT2D eigenvalue weighted by atomic mass is 9.91. The van der Waals surface area contributed by atoms with E-state index < -0.39 is 78.5 Å². The Morgan fingerprint density at radius 3 is 1.69 bits per heavy atom. The number of esters is 3. The summed E-state index contributed by atoms with van der Waals surface area (Å²) >= 11 is 6.84. The van der Waals surface area contributed by atoms with Gasteiger partial charge < -0.3 is 23.7 Å². The molecule has 2 saturated heterocycles. The Labute approximate surface area is 299 Å². The van der Waals surface area contributed by atoms with Crippen molar-refractivity contribution < 1.29 is 47.7 Å². The van der Waals surface area contributed by atoms with E-state index in [-0.39, 0.29) is 16.7 Å². The van der Waals surface area contributed by atoms with Crippen LogP contribution in [0.3, 0.4) is 0 Å². The maximum atomic E-state index is 14.2. The number of nitrogens with zero attached hydrogens (tertiary/aromatic N) is 1. The molecular weight excluding hydrogens is 678 g/mol. The van der Waals surface area contributed by atoms with Gasteiger partial charge in [0.15, 0.2) is 12.2 Å². The largest absolute Gasteiger partial charge is 0.459 e. The van der Waals surface area contributed by atoms with Crippen LogP contribution in [0.5, 0.6) is 0 Å². The van der Waals surface area contributed by atoms with Gasteiger partial charge in [-0.1, -0.05) is 91.9 Å². The Morgan fingerprint density at radius 2 is 1.18 bits per heavy atom. The van der Waals surface area contributed by atoms with Crippen LogP contribution in [0.15, 0.2) is 121 Å². The lowest BCUT2D eigenvalue weighted by Crippen LogP contribution is -2.64. The molecule has 0 bridgehead atoms. The second-order valence-corrected chi connectivity index (χ2v) is 12.4. The summed E-state index contributed by atoms with van der Waals surface area (Å²) in [6.45, 7) is 1.36. The van der Waals surface area contributed by atoms with Gasteiger partial charge in [-0.05, 0) is 48.4 Å². The molecule has 2 amide bonds. The molecule has 0 unspecified atom stereocenters. The third kappa shape index (κ3) is 7.79. The SMILES string of the molecule is CC[C@@H](c1ccccc1)[C@@H](Cl)C(=O)N1C(=O)O[C@H]2O[C@H](COC(=O)c3ccccc3)[C@@H](OC(=O)c3ccccc3)[C@H](OC(=O)c3ccccc3)[C@H]21. The Balaban J connectivity index is 1.37. The zero-order chi connectivity index (χ0) is 35.9. The Kier molecular flexibility index (Phi) is 11.1. The maximum Gasteiger partial charge on any atom is 0.419 e. The van der Waals surface area contributed by atoms with Crippen molar-refractivity contribution in [3.8, 4) is 0 Å². The molecule has 0 radical (unpaired) electrons. The zero-order valence-corrected chi connectivity index (χ0v) is 28.2. The summed E-state index contributed by atoms with van der Waals surface area (Å²) in [6, 6.07) is 31.9. The molecule has 12 heteroatoms. The number of benzene rings is 4. The number of carbonyl (C=O) groups is 5. The van der Waals surface area contributed by atoms with Crippen molar-refractivity contribution in [2.24, 2.45) is 0 Å². The van der Waals surface area contributed by atoms with Gasteiger partial charge >= 0.3 is 24.0 Å². The van der Waals surface area contributed by atoms with E-state index in [1.54, 1.807) is 66.7 Å². The van der Waals surface area contributed by atoms with Crippen LogP contribution in [0.1, 0.15) is 55.9 Å². The van der Waals surface area contributed by atoms with Gasteiger partial charge in [0.25, 0.3) is 5.91 Å². The molecule has 0 N–H and O–H groups in total. The first-order valence-corrected chi connectivity index (χ1v) is 16.8. The molecule has 262 valence electrons. The molecule has 7 atom stereocenters. The smallest absolute Gasteiger partial charge is 0.419 e. The van der Waals surface area contributed by atoms with Gasteiger partial charge in [0.05, 0.1) is 16.7 Å². The minimum atomic E-state index is -1.55. The van der Waals surface area contributed by atoms with Crippen molar-refractivity contribution in [2.45, 2.75) is 55.3 Å². The van der Waals surface area contributed by atoms with E-state index in [1.807, 2.05) is 37.3 Å². The maximum absolute atomic E-state index is 14.2. The van der Waals surface area contributed by atoms with Crippen molar-refractivity contribution >= 4 is 41.5 Å². The summed E-state index contributed by atoms with van der Waals surface area (Å²) in [5.74, 6) is -3.69. The summed E-state index contributed by atoms with van der Waals surface area (Å²) in [5, 5.41) is -1.25. The van der Waals surface area contributed by atoms with Crippen LogP contribution < -0.4 is 0 Å². The summed E-state index contributed by atoms with van der Waals surface area (Å²) in [7, 11) is 0. The number of hydrogen-bond donors (Lipinski definition) is 0. The van der Waals surface area contributed by atoms with Crippen LogP contribution in [-0.2, 0) is 28.5 Å². The van der Waals surface area contributed by atoms with Crippen molar-refractivity contribution in [1.82, 2.24) is 4.90 Å². The molecule has 0 aromatic heterocycles. The molecule has 6 rings (SSSR count). The molecule has 4 aromatic rings. The van der Waals surface area contributed by atoms with E-state index in [2.05, 4.69) is 0 Å². The molecule has 51 heavy (non-hydrogen) atoms. The van der Waals surface area contributed by atoms with Crippen LogP contribution in [0.25, 0.3) is 0 Å². The molecule has 2 fully saturated rings. The number of rotatable bonds is 11. The van der Waals surface area contributed by atoms with Gasteiger partial charge in [0.1, 0.15) is 24.1 Å². The fraction of sp³-hybridized carbons (Fsp3) is 0.256. The van der Waals surface area contributed by atoms with Crippen molar-refractivity contribution in [2.75, 3.05) is 6.61 Å². The zero-order valence-electron chi connectivity index (χ0n) is 27.4. The molecule has 0 saturated carbocycles. The fourth-order valence-corrected chi connectivity index (χ4v) is 6.58. The van der Waals surface area contributed by atoms with Crippen LogP contribution in [0, 0.1) is 0 Å². The number of hydrogen-bond acceptors (Lipinski definition) is 10. The predicted molar refractivity (Wildman–Crippen MR) is 183 cm³/mol. The predicted octanol–water partition coefficient (Wildman–Crippen LogP) is 6.17. The molecule has 2 heterocycles. The number of fused-ring (bicyclic) bond motifs is 1. The second-order valence-electron chi connectivity index (χ2n) is 11.9. The molecule has 2 aliphatic rings. The lowest BCUT2D eigenvalue weighted by Gasteiger charge is -2.43. The summed E-state index contributed by atoms with van der Waals surface area (Å²) in [5.41, 5.74) is 1.33. The van der Waals surface area contributed by atoms with Crippen molar-refractivity contribution in [1.29, 1.82) is 0 Å². The highest BCUT2D eigenvalue weighted by atomic mass is 35.5. The quantitative estimate of drug-likeness (QED) is 0.101. The highest BCUT2D eigenvalue weighted by Gasteiger charge is 2.61. The Hall–Kier alpha value is -5.52. The monoisotopic (exact) mass is 711 g/mol. The number of halogens is 1. The van der Waals surface area contributed by atoms with Crippen molar-refractivity contribution in [3.63, 3.8) is 0 Å². The Bertz CT molecular complexity index is 1840. The van der Waals surface area contributed by atoms with E-state index >= 15 is 0 Å². The number of amides is 2. The first-order chi connectivity index (χ1) is 24.8. The van der Waals surface area contributed by atoms with E-state index in [9.17, 15) is 24.0 Å². The van der Waals surface area contributed by atoms with E-state index in [0.717, 1.165) is 10.5 Å². The van der Waals surface area contributed by atoms with Crippen molar-refractivity contribution in [3.05, 3.63) is 144 Å². The minimum Gasteiger partial charge on any atom is -0.459 e. The van der Waals surface area contributed by atoms with Gasteiger partial charge in [-0.15, -0.1) is 11.6 Å². The highest BCUT2D eigenvalue weighted by molar-refractivity contribution is 6.32. The highest BCUT2D eigenvalue weighted by Crippen LogP contribution is 2.38. The van der Waals surface area contributed by atoms with Gasteiger partial charge in [-0.2, -0.15) is 0 Å². The molecule has 2 aliphatic heterocycles. The third-order valence-corrected chi connectivity index (χ3v) is 9.20. The van der Waals surface area contributed by atoms with E-state index in [0.29, 0.717) is 6.42 Å². The Morgan fingerprint density at radius 1 is 0.706 bits per heavy atom. The first kappa shape index (κ1) is 35.3. The first-order valence-electron chi connectivity index (χ1n) is 16.4. The summed E-state index contributed by atoms with van der Waals surface area (Å²) in [4.78, 5) is 68.7. The number of carbonyl (C=O) groups excluding carboxylic acids is 5. The lowest BCUT2D eigenvalue weighted by molar-refractivity contribution is -0.240. The molecular formula is C39H34ClNO10. The van der Waals surface area contributed by atoms with Crippen LogP contribution in [-0.4, -0.2) is 77.4 Å². The molecule has 0 spiro atoms. The van der Waals surface area contributed by atoms with Crippen LogP contribution in [0.4, 0.5) is 4.79 Å². The number of ether oxygens (including phenoxy) is 5. The van der Waals surface area contributed by atoms with E-state index in [4.69, 9.17) is 35.3 Å². The minimum absolute atomic E-state index is 0.147.